The fraction of sp³-hybridized carbons (Fsp3) is 0.0870. The molecular weight excluding hydrogens is 432 g/mol. The molecule has 8 heteroatoms. The molecule has 0 saturated carbocycles. The molecule has 4 rings (SSSR count). The molecule has 0 spiro atoms. The quantitative estimate of drug-likeness (QED) is 0.372. The summed E-state index contributed by atoms with van der Waals surface area (Å²) in [5, 5.41) is 12.6. The smallest absolute Gasteiger partial charge is 0.264 e. The van der Waals surface area contributed by atoms with Crippen molar-refractivity contribution in [3.63, 3.8) is 0 Å². The number of nitrogens with zero attached hydrogens (tertiary/aromatic N) is 3. The highest BCUT2D eigenvalue weighted by Gasteiger charge is 2.17. The van der Waals surface area contributed by atoms with E-state index in [0.29, 0.717) is 21.9 Å². The van der Waals surface area contributed by atoms with Crippen LogP contribution in [0.3, 0.4) is 0 Å². The molecule has 0 fully saturated rings. The second-order valence-corrected chi connectivity index (χ2v) is 7.92. The van der Waals surface area contributed by atoms with E-state index < -0.39 is 0 Å². The molecule has 0 aliphatic carbocycles. The molecule has 6 nitrogen and oxygen atoms in total. The van der Waals surface area contributed by atoms with Gasteiger partial charge >= 0.3 is 0 Å². The largest absolute Gasteiger partial charge is 0.484 e. The standard InChI is InChI=1S/C23H19ClN4O2S/c24-18-11-13-20(14-12-18)30-15-21(29)25-22-26-27-23(28(22)19-9-5-2-6-10-19)31-16-17-7-3-1-4-8-17/h1-14H,15-16H2,(H,25,26,29). The summed E-state index contributed by atoms with van der Waals surface area (Å²) in [4.78, 5) is 12.5. The van der Waals surface area contributed by atoms with Crippen LogP contribution in [0, 0.1) is 0 Å². The van der Waals surface area contributed by atoms with E-state index in [0.717, 1.165) is 11.4 Å². The van der Waals surface area contributed by atoms with Crippen LogP contribution in [0.15, 0.2) is 90.1 Å². The number of hydrogen-bond donors (Lipinski definition) is 1. The third kappa shape index (κ3) is 5.65. The lowest BCUT2D eigenvalue weighted by Gasteiger charge is -2.11. The summed E-state index contributed by atoms with van der Waals surface area (Å²) in [6, 6.07) is 26.6. The van der Waals surface area contributed by atoms with Crippen LogP contribution in [-0.2, 0) is 10.5 Å². The van der Waals surface area contributed by atoms with Crippen molar-refractivity contribution >= 4 is 35.2 Å². The molecule has 31 heavy (non-hydrogen) atoms. The molecule has 3 aromatic carbocycles. The summed E-state index contributed by atoms with van der Waals surface area (Å²) in [5.41, 5.74) is 2.04. The Bertz CT molecular complexity index is 1140. The van der Waals surface area contributed by atoms with Gasteiger partial charge in [0.15, 0.2) is 11.8 Å². The van der Waals surface area contributed by atoms with Crippen LogP contribution in [0.5, 0.6) is 5.75 Å². The minimum Gasteiger partial charge on any atom is -0.484 e. The molecule has 0 aliphatic rings. The third-order valence-corrected chi connectivity index (χ3v) is 5.55. The van der Waals surface area contributed by atoms with E-state index in [1.807, 2.05) is 53.1 Å². The summed E-state index contributed by atoms with van der Waals surface area (Å²) < 4.78 is 7.35. The molecule has 0 bridgehead atoms. The van der Waals surface area contributed by atoms with Crippen molar-refractivity contribution in [2.45, 2.75) is 10.9 Å². The first-order chi connectivity index (χ1) is 15.2. The van der Waals surface area contributed by atoms with E-state index in [2.05, 4.69) is 27.6 Å². The van der Waals surface area contributed by atoms with Gasteiger partial charge in [-0.15, -0.1) is 10.2 Å². The van der Waals surface area contributed by atoms with E-state index in [1.54, 1.807) is 36.0 Å². The van der Waals surface area contributed by atoms with Crippen molar-refractivity contribution in [1.82, 2.24) is 14.8 Å². The Hall–Kier alpha value is -3.29. The number of amides is 1. The number of anilines is 1. The molecule has 0 radical (unpaired) electrons. The number of halogens is 1. The predicted octanol–water partition coefficient (Wildman–Crippen LogP) is 5.23. The monoisotopic (exact) mass is 450 g/mol. The van der Waals surface area contributed by atoms with Gasteiger partial charge in [-0.3, -0.25) is 14.7 Å². The minimum atomic E-state index is -0.334. The molecule has 1 N–H and O–H groups in total. The van der Waals surface area contributed by atoms with E-state index in [1.165, 1.54) is 5.56 Å². The van der Waals surface area contributed by atoms with Crippen LogP contribution in [0.25, 0.3) is 5.69 Å². The maximum Gasteiger partial charge on any atom is 0.264 e. The number of hydrogen-bond acceptors (Lipinski definition) is 5. The number of carbonyl (C=O) groups excluding carboxylic acids is 1. The number of ether oxygens (including phenoxy) is 1. The Kier molecular flexibility index (Phi) is 6.86. The lowest BCUT2D eigenvalue weighted by Crippen LogP contribution is -2.22. The van der Waals surface area contributed by atoms with Crippen LogP contribution in [0.2, 0.25) is 5.02 Å². The van der Waals surface area contributed by atoms with Crippen LogP contribution in [0.1, 0.15) is 5.56 Å². The Labute approximate surface area is 189 Å². The highest BCUT2D eigenvalue weighted by molar-refractivity contribution is 7.98. The highest BCUT2D eigenvalue weighted by atomic mass is 35.5. The Morgan fingerprint density at radius 1 is 0.935 bits per heavy atom. The molecular formula is C23H19ClN4O2S. The first-order valence-electron chi connectivity index (χ1n) is 9.55. The Morgan fingerprint density at radius 3 is 2.32 bits per heavy atom. The number of benzene rings is 3. The van der Waals surface area contributed by atoms with Gasteiger partial charge in [-0.2, -0.15) is 0 Å². The third-order valence-electron chi connectivity index (χ3n) is 4.29. The summed E-state index contributed by atoms with van der Waals surface area (Å²) in [7, 11) is 0. The molecule has 0 saturated heterocycles. The summed E-state index contributed by atoms with van der Waals surface area (Å²) in [5.74, 6) is 1.30. The van der Waals surface area contributed by atoms with Gasteiger partial charge in [0.1, 0.15) is 5.75 Å². The maximum absolute atomic E-state index is 12.5. The van der Waals surface area contributed by atoms with Gasteiger partial charge in [0.05, 0.1) is 5.69 Å². The second kappa shape index (κ2) is 10.1. The van der Waals surface area contributed by atoms with E-state index in [4.69, 9.17) is 16.3 Å². The molecule has 0 atom stereocenters. The van der Waals surface area contributed by atoms with Crippen LogP contribution >= 0.6 is 23.4 Å². The van der Waals surface area contributed by atoms with E-state index in [-0.39, 0.29) is 12.5 Å². The summed E-state index contributed by atoms with van der Waals surface area (Å²) >= 11 is 7.42. The van der Waals surface area contributed by atoms with Crippen LogP contribution in [0.4, 0.5) is 5.95 Å². The van der Waals surface area contributed by atoms with Crippen LogP contribution < -0.4 is 10.1 Å². The molecule has 4 aromatic rings. The summed E-state index contributed by atoms with van der Waals surface area (Å²) in [6.07, 6.45) is 0. The van der Waals surface area contributed by atoms with Crippen molar-refractivity contribution in [2.75, 3.05) is 11.9 Å². The number of carbonyl (C=O) groups is 1. The second-order valence-electron chi connectivity index (χ2n) is 6.54. The van der Waals surface area contributed by atoms with Gasteiger partial charge < -0.3 is 4.74 Å². The van der Waals surface area contributed by atoms with Crippen LogP contribution in [-0.4, -0.2) is 27.3 Å². The zero-order valence-corrected chi connectivity index (χ0v) is 18.0. The molecule has 1 amide bonds. The first-order valence-corrected chi connectivity index (χ1v) is 10.9. The molecule has 1 heterocycles. The van der Waals surface area contributed by atoms with Crippen molar-refractivity contribution in [3.05, 3.63) is 95.5 Å². The number of aromatic nitrogens is 3. The number of rotatable bonds is 8. The molecule has 0 unspecified atom stereocenters. The topological polar surface area (TPSA) is 69.0 Å². The van der Waals surface area contributed by atoms with E-state index >= 15 is 0 Å². The first kappa shape index (κ1) is 21.0. The average molecular weight is 451 g/mol. The normalized spacial score (nSPS) is 10.6. The molecule has 1 aromatic heterocycles. The van der Waals surface area contributed by atoms with Crippen molar-refractivity contribution in [2.24, 2.45) is 0 Å². The zero-order valence-electron chi connectivity index (χ0n) is 16.4. The average Bonchev–Trinajstić information content (AvgIpc) is 3.21. The summed E-state index contributed by atoms with van der Waals surface area (Å²) in [6.45, 7) is -0.157. The van der Waals surface area contributed by atoms with Gasteiger partial charge in [0.2, 0.25) is 5.95 Å². The highest BCUT2D eigenvalue weighted by Crippen LogP contribution is 2.27. The number of para-hydroxylation sites is 1. The van der Waals surface area contributed by atoms with Gasteiger partial charge in [-0.1, -0.05) is 71.9 Å². The fourth-order valence-electron chi connectivity index (χ4n) is 2.82. The predicted molar refractivity (Wildman–Crippen MR) is 123 cm³/mol. The zero-order chi connectivity index (χ0) is 21.5. The molecule has 0 aliphatic heterocycles. The SMILES string of the molecule is O=C(COc1ccc(Cl)cc1)Nc1nnc(SCc2ccccc2)n1-c1ccccc1. The van der Waals surface area contributed by atoms with Gasteiger partial charge in [-0.25, -0.2) is 0 Å². The fourth-order valence-corrected chi connectivity index (χ4v) is 3.85. The number of nitrogens with one attached hydrogen (secondary N) is 1. The maximum atomic E-state index is 12.5. The molecule has 156 valence electrons. The minimum absolute atomic E-state index is 0.157. The van der Waals surface area contributed by atoms with Crippen molar-refractivity contribution in [1.29, 1.82) is 0 Å². The van der Waals surface area contributed by atoms with Crippen molar-refractivity contribution < 1.29 is 9.53 Å². The lowest BCUT2D eigenvalue weighted by molar-refractivity contribution is -0.118. The Balaban J connectivity index is 1.49. The lowest BCUT2D eigenvalue weighted by atomic mass is 10.2. The van der Waals surface area contributed by atoms with E-state index in [9.17, 15) is 4.79 Å². The Morgan fingerprint density at radius 2 is 1.61 bits per heavy atom. The van der Waals surface area contributed by atoms with Gasteiger partial charge in [-0.05, 0) is 42.0 Å². The number of thioether (sulfide) groups is 1. The van der Waals surface area contributed by atoms with Crippen molar-refractivity contribution in [3.8, 4) is 11.4 Å². The van der Waals surface area contributed by atoms with Gasteiger partial charge in [0.25, 0.3) is 5.91 Å². The van der Waals surface area contributed by atoms with Gasteiger partial charge in [0, 0.05) is 10.8 Å².